The number of aliphatic hydroxyl groups is 4. The fraction of sp³-hybridized carbons (Fsp3) is 0.870. The molecule has 0 fully saturated rings. The molecular formula is C23H45N3O12. The molecule has 4 atom stereocenters. The normalized spacial score (nSPS) is 15.0. The number of amides is 1. The van der Waals surface area contributed by atoms with E-state index in [-0.39, 0.29) is 104 Å². The summed E-state index contributed by atoms with van der Waals surface area (Å²) in [7, 11) is 0. The third-order valence-electron chi connectivity index (χ3n) is 5.03. The molecule has 1 amide bonds. The van der Waals surface area contributed by atoms with Gasteiger partial charge in [0.2, 0.25) is 5.91 Å². The molecule has 0 saturated carbocycles. The van der Waals surface area contributed by atoms with Gasteiger partial charge in [-0.25, -0.2) is 0 Å². The molecule has 0 aromatic carbocycles. The van der Waals surface area contributed by atoms with Crippen molar-refractivity contribution in [1.82, 2.24) is 5.32 Å². The summed E-state index contributed by atoms with van der Waals surface area (Å²) in [5.74, 6) is -0.270. The zero-order valence-corrected chi connectivity index (χ0v) is 21.8. The predicted molar refractivity (Wildman–Crippen MR) is 133 cm³/mol. The lowest BCUT2D eigenvalue weighted by Gasteiger charge is -2.28. The molecule has 0 aromatic heterocycles. The van der Waals surface area contributed by atoms with Crippen LogP contribution in [-0.4, -0.2) is 142 Å². The van der Waals surface area contributed by atoms with Crippen molar-refractivity contribution in [3.8, 4) is 0 Å². The standard InChI is InChI=1S/C23H45N3O12/c24-20(21(32)18(30)3-8-29)22(33)38-14-13-34-12-5-26-19(31)4-11-37-17-23(25,15-35-9-1-6-27)16-36-10-2-7-28/h6-7,18,20-22,29-30,32-33H,1-5,8-17,24-25H2,(H,26,31). The largest absolute Gasteiger partial charge is 0.396 e. The van der Waals surface area contributed by atoms with E-state index in [2.05, 4.69) is 5.32 Å². The van der Waals surface area contributed by atoms with Gasteiger partial charge in [-0.05, 0) is 6.42 Å². The molecule has 0 rings (SSSR count). The molecule has 0 bridgehead atoms. The van der Waals surface area contributed by atoms with Gasteiger partial charge in [0.05, 0.1) is 83.3 Å². The van der Waals surface area contributed by atoms with E-state index in [0.29, 0.717) is 0 Å². The summed E-state index contributed by atoms with van der Waals surface area (Å²) in [6, 6.07) is -1.27. The number of aliphatic hydroxyl groups excluding tert-OH is 4. The molecule has 224 valence electrons. The van der Waals surface area contributed by atoms with Crippen molar-refractivity contribution in [1.29, 1.82) is 0 Å². The van der Waals surface area contributed by atoms with Gasteiger partial charge in [-0.3, -0.25) is 4.79 Å². The van der Waals surface area contributed by atoms with Crippen molar-refractivity contribution in [2.45, 2.75) is 55.8 Å². The lowest BCUT2D eigenvalue weighted by Crippen LogP contribution is -2.53. The number of rotatable bonds is 27. The topological polar surface area (TPSA) is 242 Å². The number of aldehydes is 2. The summed E-state index contributed by atoms with van der Waals surface area (Å²) in [4.78, 5) is 32.8. The zero-order valence-electron chi connectivity index (χ0n) is 21.8. The van der Waals surface area contributed by atoms with Crippen molar-refractivity contribution in [2.75, 3.05) is 72.6 Å². The average molecular weight is 556 g/mol. The maximum absolute atomic E-state index is 11.9. The highest BCUT2D eigenvalue weighted by molar-refractivity contribution is 5.75. The van der Waals surface area contributed by atoms with Gasteiger partial charge in [0, 0.05) is 32.4 Å². The monoisotopic (exact) mass is 555 g/mol. The summed E-state index contributed by atoms with van der Waals surface area (Å²) in [5.41, 5.74) is 10.9. The minimum Gasteiger partial charge on any atom is -0.396 e. The van der Waals surface area contributed by atoms with Gasteiger partial charge in [-0.2, -0.15) is 0 Å². The molecule has 0 spiro atoms. The van der Waals surface area contributed by atoms with Gasteiger partial charge in [-0.15, -0.1) is 0 Å². The van der Waals surface area contributed by atoms with Crippen molar-refractivity contribution in [2.24, 2.45) is 11.5 Å². The van der Waals surface area contributed by atoms with Crippen LogP contribution in [0.25, 0.3) is 0 Å². The minimum atomic E-state index is -1.54. The molecule has 38 heavy (non-hydrogen) atoms. The summed E-state index contributed by atoms with van der Waals surface area (Å²) in [6.45, 7) is 0.805. The Labute approximate surface area is 222 Å². The van der Waals surface area contributed by atoms with Crippen LogP contribution in [0.2, 0.25) is 0 Å². The molecule has 0 aliphatic rings. The maximum Gasteiger partial charge on any atom is 0.222 e. The Kier molecular flexibility index (Phi) is 22.3. The second-order valence-electron chi connectivity index (χ2n) is 8.55. The molecule has 0 radical (unpaired) electrons. The quantitative estimate of drug-likeness (QED) is 0.0292. The van der Waals surface area contributed by atoms with E-state index in [1.807, 2.05) is 0 Å². The third-order valence-corrected chi connectivity index (χ3v) is 5.03. The van der Waals surface area contributed by atoms with Gasteiger partial charge in [0.1, 0.15) is 12.6 Å². The molecule has 4 unspecified atom stereocenters. The Balaban J connectivity index is 4.01. The van der Waals surface area contributed by atoms with Crippen LogP contribution in [0.15, 0.2) is 0 Å². The first-order chi connectivity index (χ1) is 18.2. The summed E-state index contributed by atoms with van der Waals surface area (Å²) in [6.07, 6.45) is -2.39. The van der Waals surface area contributed by atoms with E-state index >= 15 is 0 Å². The van der Waals surface area contributed by atoms with E-state index in [9.17, 15) is 29.7 Å². The zero-order chi connectivity index (χ0) is 28.7. The summed E-state index contributed by atoms with van der Waals surface area (Å²) >= 11 is 0. The Bertz CT molecular complexity index is 600. The van der Waals surface area contributed by atoms with Crippen LogP contribution >= 0.6 is 0 Å². The fourth-order valence-corrected chi connectivity index (χ4v) is 2.90. The number of hydrogen-bond acceptors (Lipinski definition) is 14. The fourth-order valence-electron chi connectivity index (χ4n) is 2.90. The predicted octanol–water partition coefficient (Wildman–Crippen LogP) is -3.80. The van der Waals surface area contributed by atoms with Crippen LogP contribution < -0.4 is 16.8 Å². The van der Waals surface area contributed by atoms with Crippen LogP contribution in [0, 0.1) is 0 Å². The molecular weight excluding hydrogens is 510 g/mol. The highest BCUT2D eigenvalue weighted by Gasteiger charge is 2.29. The van der Waals surface area contributed by atoms with E-state index < -0.39 is 30.1 Å². The van der Waals surface area contributed by atoms with E-state index in [4.69, 9.17) is 40.3 Å². The number of carbonyl (C=O) groups is 3. The Morgan fingerprint density at radius 1 is 0.868 bits per heavy atom. The van der Waals surface area contributed by atoms with Gasteiger partial charge < -0.3 is 70.5 Å². The van der Waals surface area contributed by atoms with Crippen molar-refractivity contribution in [3.05, 3.63) is 0 Å². The number of carbonyl (C=O) groups excluding carboxylic acids is 3. The SMILES string of the molecule is NC(C(O)OCCOCCNC(=O)CCOCC(N)(COCCC=O)COCCC=O)C(O)C(O)CCO. The maximum atomic E-state index is 11.9. The van der Waals surface area contributed by atoms with Crippen molar-refractivity contribution < 1.29 is 58.5 Å². The van der Waals surface area contributed by atoms with Gasteiger partial charge >= 0.3 is 0 Å². The first-order valence-electron chi connectivity index (χ1n) is 12.5. The molecule has 15 heteroatoms. The molecule has 0 saturated heterocycles. The smallest absolute Gasteiger partial charge is 0.222 e. The van der Waals surface area contributed by atoms with Crippen LogP contribution in [0.5, 0.6) is 0 Å². The molecule has 15 nitrogen and oxygen atoms in total. The highest BCUT2D eigenvalue weighted by atomic mass is 16.6. The lowest BCUT2D eigenvalue weighted by atomic mass is 10.0. The first kappa shape index (κ1) is 36.4. The minimum absolute atomic E-state index is 0.0402. The third kappa shape index (κ3) is 18.6. The number of ether oxygens (including phenoxy) is 5. The van der Waals surface area contributed by atoms with E-state index in [0.717, 1.165) is 12.6 Å². The Hall–Kier alpha value is -1.63. The van der Waals surface area contributed by atoms with Crippen LogP contribution in [0.4, 0.5) is 0 Å². The average Bonchev–Trinajstić information content (AvgIpc) is 2.90. The molecule has 0 aromatic rings. The van der Waals surface area contributed by atoms with Gasteiger partial charge in [-0.1, -0.05) is 0 Å². The molecule has 0 aliphatic carbocycles. The van der Waals surface area contributed by atoms with Gasteiger partial charge in [0.25, 0.3) is 0 Å². The lowest BCUT2D eigenvalue weighted by molar-refractivity contribution is -0.153. The first-order valence-corrected chi connectivity index (χ1v) is 12.5. The van der Waals surface area contributed by atoms with Crippen LogP contribution in [0.3, 0.4) is 0 Å². The second-order valence-corrected chi connectivity index (χ2v) is 8.55. The molecule has 0 aliphatic heterocycles. The molecule has 9 N–H and O–H groups in total. The molecule has 0 heterocycles. The highest BCUT2D eigenvalue weighted by Crippen LogP contribution is 2.07. The van der Waals surface area contributed by atoms with E-state index in [1.54, 1.807) is 0 Å². The number of nitrogens with two attached hydrogens (primary N) is 2. The Morgan fingerprint density at radius 3 is 2.00 bits per heavy atom. The number of hydrogen-bond donors (Lipinski definition) is 7. The van der Waals surface area contributed by atoms with Crippen LogP contribution in [0.1, 0.15) is 25.7 Å². The summed E-state index contributed by atoms with van der Waals surface area (Å²) < 4.78 is 26.6. The Morgan fingerprint density at radius 2 is 1.45 bits per heavy atom. The summed E-state index contributed by atoms with van der Waals surface area (Å²) in [5, 5.41) is 40.6. The van der Waals surface area contributed by atoms with Crippen molar-refractivity contribution in [3.63, 3.8) is 0 Å². The van der Waals surface area contributed by atoms with Gasteiger partial charge in [0.15, 0.2) is 6.29 Å². The number of nitrogens with one attached hydrogen (secondary N) is 1. The van der Waals surface area contributed by atoms with Crippen LogP contribution in [-0.2, 0) is 38.1 Å². The second kappa shape index (κ2) is 23.3. The van der Waals surface area contributed by atoms with E-state index in [1.165, 1.54) is 0 Å². The van der Waals surface area contributed by atoms with Crippen molar-refractivity contribution >= 4 is 18.5 Å².